The summed E-state index contributed by atoms with van der Waals surface area (Å²) in [5.41, 5.74) is 0. The van der Waals surface area contributed by atoms with Crippen molar-refractivity contribution in [1.82, 2.24) is 0 Å². The summed E-state index contributed by atoms with van der Waals surface area (Å²) in [6.07, 6.45) is 3.65. The zero-order valence-corrected chi connectivity index (χ0v) is 7.16. The second kappa shape index (κ2) is 2.26. The van der Waals surface area contributed by atoms with Crippen molar-refractivity contribution in [2.45, 2.75) is 29.7 Å². The van der Waals surface area contributed by atoms with E-state index in [1.165, 1.54) is 6.42 Å². The Labute approximate surface area is 70.6 Å². The normalized spacial score (nSPS) is 43.8. The first-order chi connectivity index (χ1) is 4.73. The Kier molecular flexibility index (Phi) is 1.63. The predicted octanol–water partition coefficient (Wildman–Crippen LogP) is 2.36. The lowest BCUT2D eigenvalue weighted by atomic mass is 10.2. The second-order valence-corrected chi connectivity index (χ2v) is 4.51. The zero-order valence-electron chi connectivity index (χ0n) is 5.65. The average Bonchev–Trinajstić information content (AvgIpc) is 2.47. The number of hydrogen-bond acceptors (Lipinski definition) is 1. The van der Waals surface area contributed by atoms with Crippen LogP contribution in [0.3, 0.4) is 0 Å². The monoisotopic (exact) mass is 180 g/mol. The van der Waals surface area contributed by atoms with E-state index in [4.69, 9.17) is 27.9 Å². The topological polar surface area (TPSA) is 9.23 Å². The van der Waals surface area contributed by atoms with Gasteiger partial charge in [-0.3, -0.25) is 0 Å². The maximum atomic E-state index is 5.93. The molecule has 1 nitrogen and oxygen atoms in total. The summed E-state index contributed by atoms with van der Waals surface area (Å²) < 4.78 is 4.89. The smallest absolute Gasteiger partial charge is 0.149 e. The third-order valence-corrected chi connectivity index (χ3v) is 3.33. The van der Waals surface area contributed by atoms with E-state index >= 15 is 0 Å². The summed E-state index contributed by atoms with van der Waals surface area (Å²) in [6.45, 7) is 0.836. The van der Waals surface area contributed by atoms with Crippen LogP contribution in [0.4, 0.5) is 0 Å². The van der Waals surface area contributed by atoms with E-state index in [1.807, 2.05) is 0 Å². The molecule has 0 aromatic heterocycles. The third kappa shape index (κ3) is 0.956. The minimum atomic E-state index is -0.541. The molecule has 2 atom stereocenters. The molecule has 58 valence electrons. The number of hydrogen-bond donors (Lipinski definition) is 0. The van der Waals surface area contributed by atoms with E-state index in [9.17, 15) is 0 Å². The third-order valence-electron chi connectivity index (χ3n) is 2.34. The fourth-order valence-corrected chi connectivity index (χ4v) is 2.36. The van der Waals surface area contributed by atoms with Crippen LogP contribution in [0.15, 0.2) is 0 Å². The first-order valence-corrected chi connectivity index (χ1v) is 4.48. The van der Waals surface area contributed by atoms with Gasteiger partial charge in [0.05, 0.1) is 6.10 Å². The fraction of sp³-hybridized carbons (Fsp3) is 1.00. The summed E-state index contributed by atoms with van der Waals surface area (Å²) in [4.78, 5) is 0. The summed E-state index contributed by atoms with van der Waals surface area (Å²) in [7, 11) is 0. The van der Waals surface area contributed by atoms with Crippen molar-refractivity contribution in [3.8, 4) is 0 Å². The molecule has 2 aliphatic rings. The predicted molar refractivity (Wildman–Crippen MR) is 41.5 cm³/mol. The van der Waals surface area contributed by atoms with Crippen molar-refractivity contribution in [3.63, 3.8) is 0 Å². The molecule has 0 unspecified atom stereocenters. The molecule has 0 amide bonds. The van der Waals surface area contributed by atoms with Crippen LogP contribution in [0.1, 0.15) is 19.3 Å². The van der Waals surface area contributed by atoms with E-state index in [1.54, 1.807) is 0 Å². The van der Waals surface area contributed by atoms with Crippen LogP contribution in [0.2, 0.25) is 0 Å². The highest BCUT2D eigenvalue weighted by atomic mass is 35.5. The fourth-order valence-electron chi connectivity index (χ4n) is 1.61. The molecule has 0 aromatic rings. The van der Waals surface area contributed by atoms with Crippen LogP contribution in [-0.2, 0) is 4.74 Å². The van der Waals surface area contributed by atoms with Crippen molar-refractivity contribution in [3.05, 3.63) is 0 Å². The molecule has 1 heterocycles. The molecule has 1 aliphatic carbocycles. The van der Waals surface area contributed by atoms with Gasteiger partial charge in [0.1, 0.15) is 4.33 Å². The Morgan fingerprint density at radius 3 is 2.90 bits per heavy atom. The molecule has 2 fully saturated rings. The molecule has 0 N–H and O–H groups in total. The average molecular weight is 181 g/mol. The SMILES string of the molecule is ClC1(Cl)[C@@H]2CCCCO[C@@H]21. The number of ether oxygens (including phenoxy) is 1. The Morgan fingerprint density at radius 1 is 1.30 bits per heavy atom. The molecule has 1 aliphatic heterocycles. The van der Waals surface area contributed by atoms with E-state index in [0.717, 1.165) is 19.4 Å². The van der Waals surface area contributed by atoms with Gasteiger partial charge >= 0.3 is 0 Å². The lowest BCUT2D eigenvalue weighted by molar-refractivity contribution is 0.116. The van der Waals surface area contributed by atoms with Crippen LogP contribution in [0.25, 0.3) is 0 Å². The molecule has 2 rings (SSSR count). The van der Waals surface area contributed by atoms with Crippen LogP contribution in [-0.4, -0.2) is 17.0 Å². The Bertz CT molecular complexity index is 133. The van der Waals surface area contributed by atoms with Crippen molar-refractivity contribution in [2.24, 2.45) is 5.92 Å². The molecule has 0 spiro atoms. The molecule has 1 saturated carbocycles. The molecular formula is C7H10Cl2O. The van der Waals surface area contributed by atoms with Gasteiger partial charge in [-0.1, -0.05) is 29.6 Å². The van der Waals surface area contributed by atoms with Crippen LogP contribution < -0.4 is 0 Å². The first-order valence-electron chi connectivity index (χ1n) is 3.72. The number of halogens is 2. The largest absolute Gasteiger partial charge is 0.375 e. The second-order valence-electron chi connectivity index (χ2n) is 3.07. The molecule has 3 heteroatoms. The number of rotatable bonds is 0. The molecule has 1 saturated heterocycles. The number of alkyl halides is 2. The molecule has 10 heavy (non-hydrogen) atoms. The van der Waals surface area contributed by atoms with Crippen molar-refractivity contribution in [1.29, 1.82) is 0 Å². The van der Waals surface area contributed by atoms with Gasteiger partial charge in [-0.25, -0.2) is 0 Å². The van der Waals surface area contributed by atoms with E-state index in [0.29, 0.717) is 5.92 Å². The van der Waals surface area contributed by atoms with Gasteiger partial charge in [0.2, 0.25) is 0 Å². The summed E-state index contributed by atoms with van der Waals surface area (Å²) in [5, 5.41) is 0. The van der Waals surface area contributed by atoms with Crippen LogP contribution >= 0.6 is 23.2 Å². The number of fused-ring (bicyclic) bond motifs is 1. The summed E-state index contributed by atoms with van der Waals surface area (Å²) in [6, 6.07) is 0. The molecule has 0 bridgehead atoms. The highest BCUT2D eigenvalue weighted by molar-refractivity contribution is 6.51. The maximum Gasteiger partial charge on any atom is 0.149 e. The zero-order chi connectivity index (χ0) is 7.19. The van der Waals surface area contributed by atoms with E-state index < -0.39 is 4.33 Å². The first kappa shape index (κ1) is 7.20. The van der Waals surface area contributed by atoms with Gasteiger partial charge in [0.15, 0.2) is 0 Å². The maximum absolute atomic E-state index is 5.93. The Hall–Kier alpha value is 0.540. The van der Waals surface area contributed by atoms with Gasteiger partial charge < -0.3 is 4.74 Å². The summed E-state index contributed by atoms with van der Waals surface area (Å²) in [5.74, 6) is 0.415. The molecule has 0 aromatic carbocycles. The minimum Gasteiger partial charge on any atom is -0.375 e. The van der Waals surface area contributed by atoms with Gasteiger partial charge in [0, 0.05) is 12.5 Å². The highest BCUT2D eigenvalue weighted by Gasteiger charge is 2.64. The van der Waals surface area contributed by atoms with E-state index in [2.05, 4.69) is 0 Å². The van der Waals surface area contributed by atoms with Gasteiger partial charge in [-0.05, 0) is 12.8 Å². The van der Waals surface area contributed by atoms with Gasteiger partial charge in [-0.2, -0.15) is 0 Å². The summed E-state index contributed by atoms with van der Waals surface area (Å²) >= 11 is 11.9. The van der Waals surface area contributed by atoms with Gasteiger partial charge in [0.25, 0.3) is 0 Å². The Morgan fingerprint density at radius 2 is 2.10 bits per heavy atom. The molecular weight excluding hydrogens is 171 g/mol. The van der Waals surface area contributed by atoms with E-state index in [-0.39, 0.29) is 6.10 Å². The highest BCUT2D eigenvalue weighted by Crippen LogP contribution is 2.58. The minimum absolute atomic E-state index is 0.137. The molecule has 0 radical (unpaired) electrons. The van der Waals surface area contributed by atoms with Crippen molar-refractivity contribution < 1.29 is 4.74 Å². The standard InChI is InChI=1S/C7H10Cl2O/c8-7(9)5-3-1-2-4-10-6(5)7/h5-6H,1-4H2/t5-,6+/m1/s1. The lowest BCUT2D eigenvalue weighted by Gasteiger charge is -2.01. The van der Waals surface area contributed by atoms with Gasteiger partial charge in [-0.15, -0.1) is 0 Å². The quantitative estimate of drug-likeness (QED) is 0.521. The van der Waals surface area contributed by atoms with Crippen molar-refractivity contribution >= 4 is 23.2 Å². The Balaban J connectivity index is 2.01. The van der Waals surface area contributed by atoms with Crippen molar-refractivity contribution in [2.75, 3.05) is 6.61 Å². The lowest BCUT2D eigenvalue weighted by Crippen LogP contribution is -2.03. The van der Waals surface area contributed by atoms with Crippen LogP contribution in [0.5, 0.6) is 0 Å². The van der Waals surface area contributed by atoms with Crippen LogP contribution in [0, 0.1) is 5.92 Å².